The standard InChI is InChI=1S/C36H55NO6S3/c1-8-9-10-11-12-13-14-15-16-20-23-45-33(44)46-27-35(5,25-36(6,32(40)41-7)34(3,4)26-37)31(39)43-28(2)30(38)42-24-29-21-18-17-19-22-29/h17-19,21-22,28H,8-16,20,23-25,27H2,1-7H3/t28-,35?,36?/m0/s1. The molecule has 0 N–H and O–H groups in total. The quantitative estimate of drug-likeness (QED) is 0.0505. The molecule has 7 nitrogen and oxygen atoms in total. The summed E-state index contributed by atoms with van der Waals surface area (Å²) < 4.78 is 16.9. The number of hydrogen-bond acceptors (Lipinski definition) is 10. The number of thioether (sulfide) groups is 2. The summed E-state index contributed by atoms with van der Waals surface area (Å²) in [5.74, 6) is -0.847. The Hall–Kier alpha value is -2.09. The van der Waals surface area contributed by atoms with E-state index in [9.17, 15) is 19.6 Å². The molecule has 0 amide bonds. The highest BCUT2D eigenvalue weighted by molar-refractivity contribution is 8.47. The van der Waals surface area contributed by atoms with E-state index in [2.05, 4.69) is 13.0 Å². The minimum absolute atomic E-state index is 0.0451. The molecule has 46 heavy (non-hydrogen) atoms. The van der Waals surface area contributed by atoms with Gasteiger partial charge in [-0.3, -0.25) is 9.59 Å². The van der Waals surface area contributed by atoms with Gasteiger partial charge in [-0.25, -0.2) is 4.79 Å². The van der Waals surface area contributed by atoms with Gasteiger partial charge < -0.3 is 14.2 Å². The van der Waals surface area contributed by atoms with Crippen molar-refractivity contribution in [1.29, 1.82) is 5.26 Å². The van der Waals surface area contributed by atoms with Gasteiger partial charge in [0.25, 0.3) is 0 Å². The van der Waals surface area contributed by atoms with Crippen LogP contribution < -0.4 is 0 Å². The lowest BCUT2D eigenvalue weighted by atomic mass is 9.60. The molecule has 0 bridgehead atoms. The third-order valence-corrected chi connectivity index (χ3v) is 11.8. The van der Waals surface area contributed by atoms with E-state index in [-0.39, 0.29) is 18.8 Å². The Kier molecular flexibility index (Phi) is 19.8. The van der Waals surface area contributed by atoms with Crippen molar-refractivity contribution >= 4 is 57.2 Å². The van der Waals surface area contributed by atoms with E-state index in [0.717, 1.165) is 24.2 Å². The molecule has 0 fully saturated rings. The van der Waals surface area contributed by atoms with Crippen molar-refractivity contribution in [1.82, 2.24) is 0 Å². The van der Waals surface area contributed by atoms with Gasteiger partial charge in [0.1, 0.15) is 10.1 Å². The van der Waals surface area contributed by atoms with Crippen molar-refractivity contribution in [3.05, 3.63) is 35.9 Å². The Morgan fingerprint density at radius 1 is 0.891 bits per heavy atom. The van der Waals surface area contributed by atoms with E-state index in [1.54, 1.807) is 39.5 Å². The third-order valence-electron chi connectivity index (χ3n) is 8.60. The number of carbonyl (C=O) groups is 3. The predicted octanol–water partition coefficient (Wildman–Crippen LogP) is 9.46. The van der Waals surface area contributed by atoms with Crippen LogP contribution in [0.3, 0.4) is 0 Å². The topological polar surface area (TPSA) is 103 Å². The molecular formula is C36H55NO6S3. The monoisotopic (exact) mass is 693 g/mol. The Morgan fingerprint density at radius 2 is 1.46 bits per heavy atom. The number of nitrogens with zero attached hydrogens (tertiary/aromatic N) is 1. The Labute approximate surface area is 291 Å². The molecule has 1 aromatic rings. The maximum atomic E-state index is 13.8. The van der Waals surface area contributed by atoms with Gasteiger partial charge >= 0.3 is 17.9 Å². The van der Waals surface area contributed by atoms with Crippen LogP contribution >= 0.6 is 35.7 Å². The average Bonchev–Trinajstić information content (AvgIpc) is 3.04. The highest BCUT2D eigenvalue weighted by Crippen LogP contribution is 2.49. The largest absolute Gasteiger partial charge is 0.469 e. The van der Waals surface area contributed by atoms with Gasteiger partial charge in [-0.1, -0.05) is 107 Å². The molecule has 3 atom stereocenters. The maximum absolute atomic E-state index is 13.8. The van der Waals surface area contributed by atoms with Gasteiger partial charge in [0.15, 0.2) is 6.10 Å². The number of hydrogen-bond donors (Lipinski definition) is 0. The molecule has 0 saturated carbocycles. The van der Waals surface area contributed by atoms with E-state index >= 15 is 0 Å². The van der Waals surface area contributed by atoms with E-state index in [4.69, 9.17) is 26.4 Å². The van der Waals surface area contributed by atoms with Crippen LogP contribution in [-0.2, 0) is 35.2 Å². The fraction of sp³-hybridized carbons (Fsp3) is 0.694. The molecule has 0 heterocycles. The lowest BCUT2D eigenvalue weighted by molar-refractivity contribution is -0.176. The third kappa shape index (κ3) is 14.4. The van der Waals surface area contributed by atoms with Crippen LogP contribution in [-0.4, -0.2) is 46.2 Å². The van der Waals surface area contributed by atoms with Gasteiger partial charge in [0.05, 0.1) is 29.4 Å². The highest BCUT2D eigenvalue weighted by Gasteiger charge is 2.55. The molecular weight excluding hydrogens is 639 g/mol. The van der Waals surface area contributed by atoms with Crippen LogP contribution in [0.15, 0.2) is 30.3 Å². The number of ether oxygens (including phenoxy) is 3. The van der Waals surface area contributed by atoms with Crippen molar-refractivity contribution in [2.24, 2.45) is 16.2 Å². The van der Waals surface area contributed by atoms with Crippen molar-refractivity contribution in [3.63, 3.8) is 0 Å². The van der Waals surface area contributed by atoms with Gasteiger partial charge in [0.2, 0.25) is 0 Å². The summed E-state index contributed by atoms with van der Waals surface area (Å²) >= 11 is 8.61. The fourth-order valence-corrected chi connectivity index (χ4v) is 7.42. The van der Waals surface area contributed by atoms with Crippen LogP contribution in [0, 0.1) is 27.6 Å². The summed E-state index contributed by atoms with van der Waals surface area (Å²) in [4.78, 5) is 39.6. The Balaban J connectivity index is 2.86. The summed E-state index contributed by atoms with van der Waals surface area (Å²) in [7, 11) is 1.27. The minimum atomic E-state index is -1.35. The zero-order valence-electron chi connectivity index (χ0n) is 29.0. The fourth-order valence-electron chi connectivity index (χ4n) is 5.06. The molecule has 0 aliphatic rings. The molecule has 0 aliphatic heterocycles. The molecule has 1 rings (SSSR count). The van der Waals surface area contributed by atoms with Crippen molar-refractivity contribution in [3.8, 4) is 6.07 Å². The van der Waals surface area contributed by atoms with E-state index in [1.807, 2.05) is 30.3 Å². The number of methoxy groups -OCH3 is 1. The molecule has 10 heteroatoms. The zero-order chi connectivity index (χ0) is 34.6. The van der Waals surface area contributed by atoms with Crippen LogP contribution in [0.1, 0.15) is 118 Å². The first-order chi connectivity index (χ1) is 21.8. The highest BCUT2D eigenvalue weighted by atomic mass is 32.2. The second-order valence-corrected chi connectivity index (χ2v) is 16.3. The summed E-state index contributed by atoms with van der Waals surface area (Å²) in [6, 6.07) is 11.4. The van der Waals surface area contributed by atoms with E-state index < -0.39 is 40.3 Å². The SMILES string of the molecule is CCCCCCCCCCCCSC(=S)SCC(C)(CC(C)(C(=O)OC)C(C)(C)C#N)C(=O)O[C@@H](C)C(=O)OCc1ccccc1. The van der Waals surface area contributed by atoms with E-state index in [0.29, 0.717) is 3.53 Å². The molecule has 1 aromatic carbocycles. The minimum Gasteiger partial charge on any atom is -0.469 e. The number of benzene rings is 1. The number of esters is 3. The molecule has 2 unspecified atom stereocenters. The van der Waals surface area contributed by atoms with Gasteiger partial charge in [0, 0.05) is 5.75 Å². The first kappa shape index (κ1) is 41.9. The predicted molar refractivity (Wildman–Crippen MR) is 193 cm³/mol. The maximum Gasteiger partial charge on any atom is 0.347 e. The second-order valence-electron chi connectivity index (χ2n) is 13.0. The first-order valence-electron chi connectivity index (χ1n) is 16.5. The summed E-state index contributed by atoms with van der Waals surface area (Å²) in [5.41, 5.74) is -2.99. The summed E-state index contributed by atoms with van der Waals surface area (Å²) in [5, 5.41) is 9.97. The number of carbonyl (C=O) groups excluding carboxylic acids is 3. The Morgan fingerprint density at radius 3 is 2.00 bits per heavy atom. The molecule has 0 saturated heterocycles. The number of nitriles is 1. The molecule has 258 valence electrons. The smallest absolute Gasteiger partial charge is 0.347 e. The Bertz CT molecular complexity index is 1140. The van der Waals surface area contributed by atoms with Crippen molar-refractivity contribution in [2.45, 2.75) is 125 Å². The average molecular weight is 694 g/mol. The number of unbranched alkanes of at least 4 members (excludes halogenated alkanes) is 9. The van der Waals surface area contributed by atoms with Crippen molar-refractivity contribution in [2.75, 3.05) is 18.6 Å². The summed E-state index contributed by atoms with van der Waals surface area (Å²) in [6.07, 6.45) is 11.4. The molecule has 0 spiro atoms. The molecule has 0 aliphatic carbocycles. The van der Waals surface area contributed by atoms with Gasteiger partial charge in [-0.15, -0.1) is 23.5 Å². The van der Waals surface area contributed by atoms with Gasteiger partial charge in [-0.2, -0.15) is 5.26 Å². The van der Waals surface area contributed by atoms with Gasteiger partial charge in [-0.05, 0) is 58.8 Å². The van der Waals surface area contributed by atoms with Crippen LogP contribution in [0.25, 0.3) is 0 Å². The van der Waals surface area contributed by atoms with E-state index in [1.165, 1.54) is 77.2 Å². The van der Waals surface area contributed by atoms with Crippen LogP contribution in [0.5, 0.6) is 0 Å². The zero-order valence-corrected chi connectivity index (χ0v) is 31.4. The number of rotatable bonds is 22. The summed E-state index contributed by atoms with van der Waals surface area (Å²) in [6.45, 7) is 10.4. The number of thiocarbonyl (C=S) groups is 1. The van der Waals surface area contributed by atoms with Crippen LogP contribution in [0.2, 0.25) is 0 Å². The van der Waals surface area contributed by atoms with Crippen molar-refractivity contribution < 1.29 is 28.6 Å². The first-order valence-corrected chi connectivity index (χ1v) is 18.8. The normalized spacial score (nSPS) is 14.7. The molecule has 0 aromatic heterocycles. The lowest BCUT2D eigenvalue weighted by Crippen LogP contribution is -2.49. The lowest BCUT2D eigenvalue weighted by Gasteiger charge is -2.42. The second kappa shape index (κ2) is 21.7. The molecule has 0 radical (unpaired) electrons. The van der Waals surface area contributed by atoms with Crippen LogP contribution in [0.4, 0.5) is 0 Å².